The van der Waals surface area contributed by atoms with Gasteiger partial charge in [0.2, 0.25) is 0 Å². The first-order valence-corrected chi connectivity index (χ1v) is 7.02. The van der Waals surface area contributed by atoms with Crippen molar-refractivity contribution in [2.75, 3.05) is 0 Å². The largest absolute Gasteiger partial charge is 0.489 e. The van der Waals surface area contributed by atoms with Crippen LogP contribution < -0.4 is 4.74 Å². The third-order valence-corrected chi connectivity index (χ3v) is 3.56. The Hall–Kier alpha value is -1.32. The van der Waals surface area contributed by atoms with Gasteiger partial charge in [0.1, 0.15) is 12.4 Å². The summed E-state index contributed by atoms with van der Waals surface area (Å²) in [6, 6.07) is 13.8. The highest BCUT2D eigenvalue weighted by Gasteiger charge is 2.10. The molecule has 1 atom stereocenters. The lowest BCUT2D eigenvalue weighted by atomic mass is 10.1. The molecule has 2 nitrogen and oxygen atoms in total. The van der Waals surface area contributed by atoms with E-state index >= 15 is 0 Å². The molecular weight excluding hydrogens is 304 g/mol. The molecule has 0 spiro atoms. The summed E-state index contributed by atoms with van der Waals surface area (Å²) in [7, 11) is 0. The molecule has 0 heterocycles. The van der Waals surface area contributed by atoms with E-state index in [1.54, 1.807) is 6.92 Å². The zero-order valence-corrected chi connectivity index (χ0v) is 12.6. The maximum absolute atomic E-state index is 9.78. The van der Waals surface area contributed by atoms with Gasteiger partial charge in [0.25, 0.3) is 0 Å². The van der Waals surface area contributed by atoms with E-state index in [-0.39, 0.29) is 0 Å². The van der Waals surface area contributed by atoms with Crippen LogP contribution in [0.1, 0.15) is 29.7 Å². The van der Waals surface area contributed by atoms with Crippen molar-refractivity contribution in [1.29, 1.82) is 0 Å². The fraction of sp³-hybridized carbons (Fsp3) is 0.250. The van der Waals surface area contributed by atoms with E-state index in [1.807, 2.05) is 30.3 Å². The van der Waals surface area contributed by atoms with Crippen molar-refractivity contribution >= 4 is 15.9 Å². The van der Waals surface area contributed by atoms with Gasteiger partial charge < -0.3 is 9.84 Å². The van der Waals surface area contributed by atoms with Gasteiger partial charge in [0.15, 0.2) is 0 Å². The van der Waals surface area contributed by atoms with Crippen LogP contribution in [0.15, 0.2) is 46.9 Å². The van der Waals surface area contributed by atoms with Crippen LogP contribution in [0.25, 0.3) is 0 Å². The third kappa shape index (κ3) is 3.58. The van der Waals surface area contributed by atoms with Crippen LogP contribution in [0.5, 0.6) is 5.75 Å². The van der Waals surface area contributed by atoms with Crippen molar-refractivity contribution in [3.63, 3.8) is 0 Å². The highest BCUT2D eigenvalue weighted by molar-refractivity contribution is 9.10. The lowest BCUT2D eigenvalue weighted by molar-refractivity contribution is 0.190. The molecule has 0 amide bonds. The van der Waals surface area contributed by atoms with E-state index in [0.29, 0.717) is 6.61 Å². The minimum atomic E-state index is -0.552. The van der Waals surface area contributed by atoms with Crippen LogP contribution in [-0.2, 0) is 6.61 Å². The van der Waals surface area contributed by atoms with Crippen LogP contribution in [0.2, 0.25) is 0 Å². The average Bonchev–Trinajstić information content (AvgIpc) is 2.38. The molecule has 0 aliphatic carbocycles. The lowest BCUT2D eigenvalue weighted by Crippen LogP contribution is -2.02. The number of halogens is 1. The first-order chi connectivity index (χ1) is 9.08. The molecule has 19 heavy (non-hydrogen) atoms. The second kappa shape index (κ2) is 6.22. The third-order valence-electron chi connectivity index (χ3n) is 3.07. The summed E-state index contributed by atoms with van der Waals surface area (Å²) in [5.74, 6) is 0.724. The molecule has 2 rings (SSSR count). The van der Waals surface area contributed by atoms with Gasteiger partial charge in [0, 0.05) is 10.0 Å². The number of hydrogen-bond acceptors (Lipinski definition) is 2. The number of aliphatic hydroxyl groups excluding tert-OH is 1. The van der Waals surface area contributed by atoms with Crippen LogP contribution in [0.4, 0.5) is 0 Å². The SMILES string of the molecule is Cc1ccccc1COc1ccc(Br)cc1C(C)O. The van der Waals surface area contributed by atoms with Crippen molar-refractivity contribution in [2.24, 2.45) is 0 Å². The maximum atomic E-state index is 9.78. The normalized spacial score (nSPS) is 12.2. The van der Waals surface area contributed by atoms with E-state index in [0.717, 1.165) is 21.3 Å². The Kier molecular flexibility index (Phi) is 4.61. The molecular formula is C16H17BrO2. The number of aliphatic hydroxyl groups is 1. The second-order valence-corrected chi connectivity index (χ2v) is 5.49. The Morgan fingerprint density at radius 3 is 2.63 bits per heavy atom. The summed E-state index contributed by atoms with van der Waals surface area (Å²) in [6.45, 7) is 4.31. The van der Waals surface area contributed by atoms with Gasteiger partial charge in [-0.05, 0) is 43.2 Å². The van der Waals surface area contributed by atoms with Crippen molar-refractivity contribution < 1.29 is 9.84 Å². The van der Waals surface area contributed by atoms with Gasteiger partial charge in [-0.1, -0.05) is 40.2 Å². The van der Waals surface area contributed by atoms with Crippen LogP contribution in [0.3, 0.4) is 0 Å². The van der Waals surface area contributed by atoms with Crippen LogP contribution in [-0.4, -0.2) is 5.11 Å². The molecule has 0 aromatic heterocycles. The van der Waals surface area contributed by atoms with Crippen molar-refractivity contribution in [2.45, 2.75) is 26.6 Å². The lowest BCUT2D eigenvalue weighted by Gasteiger charge is -2.14. The Morgan fingerprint density at radius 1 is 1.21 bits per heavy atom. The Labute approximate surface area is 122 Å². The molecule has 0 saturated carbocycles. The predicted octanol–water partition coefficient (Wildman–Crippen LogP) is 4.39. The quantitative estimate of drug-likeness (QED) is 0.905. The Bertz CT molecular complexity index is 564. The average molecular weight is 321 g/mol. The summed E-state index contributed by atoms with van der Waals surface area (Å²) < 4.78 is 6.78. The predicted molar refractivity (Wildman–Crippen MR) is 80.3 cm³/mol. The molecule has 1 unspecified atom stereocenters. The van der Waals surface area contributed by atoms with Gasteiger partial charge in [-0.15, -0.1) is 0 Å². The summed E-state index contributed by atoms with van der Waals surface area (Å²) in [6.07, 6.45) is -0.552. The summed E-state index contributed by atoms with van der Waals surface area (Å²) in [4.78, 5) is 0. The zero-order valence-electron chi connectivity index (χ0n) is 11.1. The zero-order chi connectivity index (χ0) is 13.8. The number of benzene rings is 2. The Morgan fingerprint density at radius 2 is 1.95 bits per heavy atom. The molecule has 0 bridgehead atoms. The number of ether oxygens (including phenoxy) is 1. The van der Waals surface area contributed by atoms with Gasteiger partial charge in [-0.25, -0.2) is 0 Å². The van der Waals surface area contributed by atoms with Gasteiger partial charge in [0.05, 0.1) is 6.10 Å². The molecule has 2 aromatic rings. The first kappa shape index (κ1) is 14.1. The molecule has 0 aliphatic rings. The Balaban J connectivity index is 2.18. The highest BCUT2D eigenvalue weighted by Crippen LogP contribution is 2.29. The van der Waals surface area contributed by atoms with E-state index in [4.69, 9.17) is 4.74 Å². The minimum absolute atomic E-state index is 0.508. The second-order valence-electron chi connectivity index (χ2n) is 4.57. The summed E-state index contributed by atoms with van der Waals surface area (Å²) in [5.41, 5.74) is 3.16. The molecule has 3 heteroatoms. The van der Waals surface area contributed by atoms with E-state index in [1.165, 1.54) is 5.56 Å². The highest BCUT2D eigenvalue weighted by atomic mass is 79.9. The van der Waals surface area contributed by atoms with E-state index < -0.39 is 6.10 Å². The summed E-state index contributed by atoms with van der Waals surface area (Å²) in [5, 5.41) is 9.78. The fourth-order valence-corrected chi connectivity index (χ4v) is 2.28. The molecule has 0 aliphatic heterocycles. The number of aryl methyl sites for hydroxylation is 1. The van der Waals surface area contributed by atoms with Gasteiger partial charge >= 0.3 is 0 Å². The van der Waals surface area contributed by atoms with Crippen LogP contribution in [0, 0.1) is 6.92 Å². The monoisotopic (exact) mass is 320 g/mol. The molecule has 0 radical (unpaired) electrons. The topological polar surface area (TPSA) is 29.5 Å². The minimum Gasteiger partial charge on any atom is -0.489 e. The van der Waals surface area contributed by atoms with Crippen molar-refractivity contribution in [3.8, 4) is 5.75 Å². The van der Waals surface area contributed by atoms with Crippen LogP contribution >= 0.6 is 15.9 Å². The molecule has 100 valence electrons. The van der Waals surface area contributed by atoms with Crippen molar-refractivity contribution in [1.82, 2.24) is 0 Å². The molecule has 0 fully saturated rings. The first-order valence-electron chi connectivity index (χ1n) is 6.22. The smallest absolute Gasteiger partial charge is 0.125 e. The van der Waals surface area contributed by atoms with Gasteiger partial charge in [-0.2, -0.15) is 0 Å². The standard InChI is InChI=1S/C16H17BrO2/c1-11-5-3-4-6-13(11)10-19-16-8-7-14(17)9-15(16)12(2)18/h3-9,12,18H,10H2,1-2H3. The molecule has 2 aromatic carbocycles. The van der Waals surface area contributed by atoms with Crippen molar-refractivity contribution in [3.05, 3.63) is 63.6 Å². The van der Waals surface area contributed by atoms with E-state index in [2.05, 4.69) is 35.0 Å². The summed E-state index contributed by atoms with van der Waals surface area (Å²) >= 11 is 3.41. The number of hydrogen-bond donors (Lipinski definition) is 1. The molecule has 0 saturated heterocycles. The van der Waals surface area contributed by atoms with E-state index in [9.17, 15) is 5.11 Å². The fourth-order valence-electron chi connectivity index (χ4n) is 1.90. The molecule has 1 N–H and O–H groups in total. The maximum Gasteiger partial charge on any atom is 0.125 e. The van der Waals surface area contributed by atoms with Gasteiger partial charge in [-0.3, -0.25) is 0 Å². The number of rotatable bonds is 4.